The molecule has 11 nitrogen and oxygen atoms in total. The van der Waals surface area contributed by atoms with Crippen molar-refractivity contribution in [2.24, 2.45) is 0 Å². The molecule has 3 rings (SSSR count). The van der Waals surface area contributed by atoms with Crippen molar-refractivity contribution in [2.45, 2.75) is 11.8 Å². The third kappa shape index (κ3) is 6.32. The second-order valence-electron chi connectivity index (χ2n) is 7.32. The predicted octanol–water partition coefficient (Wildman–Crippen LogP) is 3.08. The Morgan fingerprint density at radius 3 is 2.49 bits per heavy atom. The monoisotopic (exact) mass is 498 g/mol. The SMILES string of the molecule is COc1ccccc1NS(=O)(=O)c1cc(NC(=O)CNC(=O)c2cccc([N+](=O)[O-])c2)ccc1C. The molecular formula is C23H22N4O7S. The largest absolute Gasteiger partial charge is 0.495 e. The molecule has 3 aromatic carbocycles. The first-order chi connectivity index (χ1) is 16.6. The molecule has 2 amide bonds. The molecule has 0 saturated heterocycles. The van der Waals surface area contributed by atoms with Crippen molar-refractivity contribution in [3.63, 3.8) is 0 Å². The van der Waals surface area contributed by atoms with Gasteiger partial charge in [0.15, 0.2) is 0 Å². The highest BCUT2D eigenvalue weighted by Gasteiger charge is 2.20. The minimum atomic E-state index is -4.01. The summed E-state index contributed by atoms with van der Waals surface area (Å²) in [7, 11) is -2.59. The number of nitrogens with one attached hydrogen (secondary N) is 3. The summed E-state index contributed by atoms with van der Waals surface area (Å²) >= 11 is 0. The summed E-state index contributed by atoms with van der Waals surface area (Å²) in [5, 5.41) is 15.8. The number of ether oxygens (including phenoxy) is 1. The summed E-state index contributed by atoms with van der Waals surface area (Å²) in [6, 6.07) is 16.0. The van der Waals surface area contributed by atoms with Gasteiger partial charge in [-0.1, -0.05) is 24.3 Å². The standard InChI is InChI=1S/C23H22N4O7S/c1-15-10-11-17(13-21(15)35(32,33)26-19-8-3-4-9-20(19)34-2)25-22(28)14-24-23(29)16-6-5-7-18(12-16)27(30)31/h3-13,26H,14H2,1-2H3,(H,24,29)(H,25,28). The number of sulfonamides is 1. The number of hydrogen-bond donors (Lipinski definition) is 3. The fourth-order valence-electron chi connectivity index (χ4n) is 3.12. The van der Waals surface area contributed by atoms with Crippen molar-refractivity contribution in [1.82, 2.24) is 5.32 Å². The molecular weight excluding hydrogens is 476 g/mol. The van der Waals surface area contributed by atoms with Crippen LogP contribution in [0.2, 0.25) is 0 Å². The molecule has 0 unspecified atom stereocenters. The number of rotatable bonds is 9. The summed E-state index contributed by atoms with van der Waals surface area (Å²) in [5.41, 5.74) is 0.679. The molecule has 0 heterocycles. The second-order valence-corrected chi connectivity index (χ2v) is 8.98. The minimum absolute atomic E-state index is 0.0260. The average Bonchev–Trinajstić information content (AvgIpc) is 2.83. The molecule has 0 radical (unpaired) electrons. The average molecular weight is 499 g/mol. The zero-order valence-corrected chi connectivity index (χ0v) is 19.6. The third-order valence-corrected chi connectivity index (χ3v) is 6.35. The van der Waals surface area contributed by atoms with Crippen LogP contribution in [0.3, 0.4) is 0 Å². The number of aryl methyl sites for hydroxylation is 1. The van der Waals surface area contributed by atoms with Crippen molar-refractivity contribution in [1.29, 1.82) is 0 Å². The molecule has 0 spiro atoms. The van der Waals surface area contributed by atoms with Gasteiger partial charge in [0.05, 0.1) is 29.2 Å². The number of hydrogen-bond acceptors (Lipinski definition) is 7. The van der Waals surface area contributed by atoms with Crippen LogP contribution >= 0.6 is 0 Å². The van der Waals surface area contributed by atoms with Crippen LogP contribution < -0.4 is 20.1 Å². The van der Waals surface area contributed by atoms with Crippen LogP contribution in [0.1, 0.15) is 15.9 Å². The summed E-state index contributed by atoms with van der Waals surface area (Å²) < 4.78 is 33.6. The Kier molecular flexibility index (Phi) is 7.66. The van der Waals surface area contributed by atoms with E-state index in [0.29, 0.717) is 11.3 Å². The number of para-hydroxylation sites is 2. The van der Waals surface area contributed by atoms with E-state index in [1.54, 1.807) is 31.2 Å². The van der Waals surface area contributed by atoms with E-state index in [4.69, 9.17) is 4.74 Å². The molecule has 0 fully saturated rings. The first-order valence-corrected chi connectivity index (χ1v) is 11.7. The van der Waals surface area contributed by atoms with Gasteiger partial charge < -0.3 is 15.4 Å². The molecule has 0 bridgehead atoms. The van der Waals surface area contributed by atoms with Gasteiger partial charge in [0.1, 0.15) is 5.75 Å². The van der Waals surface area contributed by atoms with Crippen molar-refractivity contribution in [3.05, 3.63) is 88.0 Å². The maximum absolute atomic E-state index is 13.0. The van der Waals surface area contributed by atoms with E-state index in [9.17, 15) is 28.1 Å². The highest BCUT2D eigenvalue weighted by molar-refractivity contribution is 7.92. The lowest BCUT2D eigenvalue weighted by Crippen LogP contribution is -2.32. The number of anilines is 2. The van der Waals surface area contributed by atoms with E-state index >= 15 is 0 Å². The third-order valence-electron chi connectivity index (χ3n) is 4.84. The Hall–Kier alpha value is -4.45. The maximum Gasteiger partial charge on any atom is 0.270 e. The number of carbonyl (C=O) groups is 2. The van der Waals surface area contributed by atoms with E-state index < -0.39 is 33.3 Å². The zero-order chi connectivity index (χ0) is 25.6. The van der Waals surface area contributed by atoms with Crippen molar-refractivity contribution in [3.8, 4) is 5.75 Å². The summed E-state index contributed by atoms with van der Waals surface area (Å²) in [6.45, 7) is 1.18. The smallest absolute Gasteiger partial charge is 0.270 e. The molecule has 3 aromatic rings. The molecule has 0 aliphatic heterocycles. The van der Waals surface area contributed by atoms with Crippen molar-refractivity contribution in [2.75, 3.05) is 23.7 Å². The lowest BCUT2D eigenvalue weighted by atomic mass is 10.2. The van der Waals surface area contributed by atoms with E-state index in [1.165, 1.54) is 43.5 Å². The molecule has 35 heavy (non-hydrogen) atoms. The number of nitrogens with zero attached hydrogens (tertiary/aromatic N) is 1. The Morgan fingerprint density at radius 1 is 1.03 bits per heavy atom. The van der Waals surface area contributed by atoms with Crippen LogP contribution in [0.25, 0.3) is 0 Å². The van der Waals surface area contributed by atoms with Gasteiger partial charge in [-0.15, -0.1) is 0 Å². The lowest BCUT2D eigenvalue weighted by Gasteiger charge is -2.14. The molecule has 3 N–H and O–H groups in total. The van der Waals surface area contributed by atoms with Gasteiger partial charge in [0.2, 0.25) is 5.91 Å². The number of non-ortho nitro benzene ring substituents is 1. The Morgan fingerprint density at radius 2 is 1.77 bits per heavy atom. The second kappa shape index (κ2) is 10.7. The molecule has 12 heteroatoms. The van der Waals surface area contributed by atoms with Crippen LogP contribution in [-0.4, -0.2) is 38.8 Å². The van der Waals surface area contributed by atoms with Crippen LogP contribution in [-0.2, 0) is 14.8 Å². The van der Waals surface area contributed by atoms with Gasteiger partial charge in [-0.3, -0.25) is 24.4 Å². The highest BCUT2D eigenvalue weighted by Crippen LogP contribution is 2.28. The molecule has 0 aromatic heterocycles. The minimum Gasteiger partial charge on any atom is -0.495 e. The summed E-state index contributed by atoms with van der Waals surface area (Å²) in [5.74, 6) is -0.941. The number of nitro groups is 1. The maximum atomic E-state index is 13.0. The first-order valence-electron chi connectivity index (χ1n) is 10.2. The zero-order valence-electron chi connectivity index (χ0n) is 18.8. The van der Waals surface area contributed by atoms with Crippen LogP contribution in [0, 0.1) is 17.0 Å². The van der Waals surface area contributed by atoms with E-state index in [-0.39, 0.29) is 27.5 Å². The quantitative estimate of drug-likeness (QED) is 0.302. The van der Waals surface area contributed by atoms with Crippen molar-refractivity contribution < 1.29 is 27.7 Å². The lowest BCUT2D eigenvalue weighted by molar-refractivity contribution is -0.384. The number of carbonyl (C=O) groups excluding carboxylic acids is 2. The molecule has 0 aliphatic carbocycles. The van der Waals surface area contributed by atoms with Gasteiger partial charge >= 0.3 is 0 Å². The van der Waals surface area contributed by atoms with Gasteiger partial charge in [-0.25, -0.2) is 8.42 Å². The van der Waals surface area contributed by atoms with Gasteiger partial charge in [0, 0.05) is 23.4 Å². The van der Waals surface area contributed by atoms with Crippen molar-refractivity contribution >= 4 is 38.9 Å². The van der Waals surface area contributed by atoms with Crippen LogP contribution in [0.15, 0.2) is 71.6 Å². The van der Waals surface area contributed by atoms with Crippen LogP contribution in [0.5, 0.6) is 5.75 Å². The van der Waals surface area contributed by atoms with E-state index in [0.717, 1.165) is 6.07 Å². The summed E-state index contributed by atoms with van der Waals surface area (Å²) in [4.78, 5) is 34.7. The highest BCUT2D eigenvalue weighted by atomic mass is 32.2. The van der Waals surface area contributed by atoms with Gasteiger partial charge in [-0.2, -0.15) is 0 Å². The van der Waals surface area contributed by atoms with E-state index in [1.807, 2.05) is 0 Å². The van der Waals surface area contributed by atoms with Gasteiger partial charge in [-0.05, 0) is 42.8 Å². The normalized spacial score (nSPS) is 10.8. The van der Waals surface area contributed by atoms with Crippen LogP contribution in [0.4, 0.5) is 17.1 Å². The van der Waals surface area contributed by atoms with E-state index in [2.05, 4.69) is 15.4 Å². The fourth-order valence-corrected chi connectivity index (χ4v) is 4.47. The first kappa shape index (κ1) is 25.2. The topological polar surface area (TPSA) is 157 Å². The Bertz CT molecular complexity index is 1390. The Labute approximate surface area is 201 Å². The fraction of sp³-hybridized carbons (Fsp3) is 0.130. The molecule has 0 aliphatic rings. The molecule has 182 valence electrons. The predicted molar refractivity (Wildman–Crippen MR) is 129 cm³/mol. The number of nitro benzene ring substituents is 1. The molecule has 0 atom stereocenters. The molecule has 0 saturated carbocycles. The number of benzene rings is 3. The Balaban J connectivity index is 1.69. The number of methoxy groups -OCH3 is 1. The number of amides is 2. The summed E-state index contributed by atoms with van der Waals surface area (Å²) in [6.07, 6.45) is 0. The van der Waals surface area contributed by atoms with Gasteiger partial charge in [0.25, 0.3) is 21.6 Å².